The molecule has 1 amide bonds. The molecule has 1 saturated heterocycles. The SMILES string of the molecule is COc1ccc(/C(O)=C2/C(=O)C(=O)N(c3ccc(C#N)cc3)C2c2ccc(O)cc2)cc1Cl. The number of hydrogen-bond acceptors (Lipinski definition) is 6. The van der Waals surface area contributed by atoms with Gasteiger partial charge in [0.1, 0.15) is 17.3 Å². The Morgan fingerprint density at radius 2 is 1.73 bits per heavy atom. The largest absolute Gasteiger partial charge is 0.508 e. The number of aliphatic hydroxyl groups is 1. The topological polar surface area (TPSA) is 111 Å². The van der Waals surface area contributed by atoms with E-state index in [0.29, 0.717) is 22.6 Å². The minimum absolute atomic E-state index is 0.0102. The molecule has 1 aliphatic rings. The molecular formula is C25H17ClN2O5. The third kappa shape index (κ3) is 3.88. The van der Waals surface area contributed by atoms with Gasteiger partial charge in [0.15, 0.2) is 0 Å². The van der Waals surface area contributed by atoms with Crippen LogP contribution < -0.4 is 9.64 Å². The van der Waals surface area contributed by atoms with E-state index in [0.717, 1.165) is 0 Å². The molecule has 1 atom stereocenters. The van der Waals surface area contributed by atoms with Crippen molar-refractivity contribution in [1.29, 1.82) is 5.26 Å². The minimum atomic E-state index is -0.973. The van der Waals surface area contributed by atoms with Crippen LogP contribution in [0.1, 0.15) is 22.7 Å². The Labute approximate surface area is 194 Å². The number of rotatable bonds is 4. The van der Waals surface area contributed by atoms with Crippen molar-refractivity contribution in [2.45, 2.75) is 6.04 Å². The fraction of sp³-hybridized carbons (Fsp3) is 0.0800. The molecule has 4 rings (SSSR count). The lowest BCUT2D eigenvalue weighted by atomic mass is 9.95. The van der Waals surface area contributed by atoms with Crippen LogP contribution in [0, 0.1) is 11.3 Å². The number of nitrogens with zero attached hydrogens (tertiary/aromatic N) is 2. The number of amides is 1. The van der Waals surface area contributed by atoms with Crippen LogP contribution in [-0.4, -0.2) is 29.0 Å². The fourth-order valence-corrected chi connectivity index (χ4v) is 3.99. The minimum Gasteiger partial charge on any atom is -0.508 e. The number of aliphatic hydroxyl groups excluding tert-OH is 1. The number of halogens is 1. The molecule has 3 aromatic carbocycles. The van der Waals surface area contributed by atoms with E-state index in [1.165, 1.54) is 48.4 Å². The predicted molar refractivity (Wildman–Crippen MR) is 122 cm³/mol. The van der Waals surface area contributed by atoms with Gasteiger partial charge in [0.2, 0.25) is 0 Å². The van der Waals surface area contributed by atoms with Crippen LogP contribution in [-0.2, 0) is 9.59 Å². The quantitative estimate of drug-likeness (QED) is 0.335. The summed E-state index contributed by atoms with van der Waals surface area (Å²) < 4.78 is 5.13. The zero-order valence-corrected chi connectivity index (χ0v) is 18.1. The molecule has 1 unspecified atom stereocenters. The number of phenols is 1. The third-order valence-corrected chi connectivity index (χ3v) is 5.65. The number of benzene rings is 3. The third-order valence-electron chi connectivity index (χ3n) is 5.35. The normalized spacial score (nSPS) is 17.1. The van der Waals surface area contributed by atoms with E-state index in [-0.39, 0.29) is 21.9 Å². The molecule has 8 heteroatoms. The maximum absolute atomic E-state index is 13.1. The van der Waals surface area contributed by atoms with Crippen molar-refractivity contribution in [2.75, 3.05) is 12.0 Å². The molecule has 0 radical (unpaired) electrons. The first kappa shape index (κ1) is 21.9. The second-order valence-corrected chi connectivity index (χ2v) is 7.68. The maximum atomic E-state index is 13.1. The molecule has 0 saturated carbocycles. The average molecular weight is 461 g/mol. The number of nitriles is 1. The second kappa shape index (κ2) is 8.69. The number of Topliss-reactive ketones (excluding diaryl/α,β-unsaturated/α-hetero) is 1. The molecule has 0 bridgehead atoms. The van der Waals surface area contributed by atoms with Crippen molar-refractivity contribution in [3.05, 3.63) is 94.0 Å². The first-order valence-corrected chi connectivity index (χ1v) is 10.2. The van der Waals surface area contributed by atoms with E-state index in [1.54, 1.807) is 30.3 Å². The number of ether oxygens (including phenoxy) is 1. The summed E-state index contributed by atoms with van der Waals surface area (Å²) in [7, 11) is 1.45. The Morgan fingerprint density at radius 1 is 1.06 bits per heavy atom. The van der Waals surface area contributed by atoms with E-state index < -0.39 is 23.5 Å². The van der Waals surface area contributed by atoms with Gasteiger partial charge in [-0.25, -0.2) is 0 Å². The van der Waals surface area contributed by atoms with Gasteiger partial charge < -0.3 is 14.9 Å². The molecule has 2 N–H and O–H groups in total. The summed E-state index contributed by atoms with van der Waals surface area (Å²) in [6.45, 7) is 0. The Balaban J connectivity index is 1.92. The zero-order valence-electron chi connectivity index (χ0n) is 17.3. The van der Waals surface area contributed by atoms with Gasteiger partial charge in [-0.1, -0.05) is 23.7 Å². The first-order chi connectivity index (χ1) is 15.8. The first-order valence-electron chi connectivity index (χ1n) is 9.79. The van der Waals surface area contributed by atoms with Crippen molar-refractivity contribution >= 4 is 34.7 Å². The van der Waals surface area contributed by atoms with E-state index in [2.05, 4.69) is 0 Å². The number of ketones is 1. The Morgan fingerprint density at radius 3 is 2.30 bits per heavy atom. The zero-order chi connectivity index (χ0) is 23.7. The van der Waals surface area contributed by atoms with Crippen molar-refractivity contribution in [3.63, 3.8) is 0 Å². The Hall–Kier alpha value is -4.28. The van der Waals surface area contributed by atoms with Gasteiger partial charge in [-0.05, 0) is 60.2 Å². The fourth-order valence-electron chi connectivity index (χ4n) is 3.74. The van der Waals surface area contributed by atoms with Gasteiger partial charge in [0, 0.05) is 11.3 Å². The van der Waals surface area contributed by atoms with Crippen molar-refractivity contribution in [3.8, 4) is 17.6 Å². The number of aromatic hydroxyl groups is 1. The predicted octanol–water partition coefficient (Wildman–Crippen LogP) is 4.55. The molecule has 1 heterocycles. The van der Waals surface area contributed by atoms with E-state index in [9.17, 15) is 19.8 Å². The van der Waals surface area contributed by atoms with Gasteiger partial charge in [-0.3, -0.25) is 14.5 Å². The average Bonchev–Trinajstić information content (AvgIpc) is 3.09. The Kier molecular flexibility index (Phi) is 5.78. The van der Waals surface area contributed by atoms with Crippen LogP contribution in [0.2, 0.25) is 5.02 Å². The standard InChI is InChI=1S/C25H17ClN2O5/c1-33-20-11-6-16(12-19(20)26)23(30)21-22(15-4-9-18(29)10-5-15)28(25(32)24(21)31)17-7-2-14(13-27)3-8-17/h2-12,22,29-30H,1H3/b23-21-. The van der Waals surface area contributed by atoms with Crippen LogP contribution in [0.15, 0.2) is 72.3 Å². The van der Waals surface area contributed by atoms with Gasteiger partial charge in [-0.15, -0.1) is 0 Å². The molecule has 1 aliphatic heterocycles. The summed E-state index contributed by atoms with van der Waals surface area (Å²) in [5.41, 5.74) is 1.38. The number of carbonyl (C=O) groups excluding carboxylic acids is 2. The number of anilines is 1. The highest BCUT2D eigenvalue weighted by molar-refractivity contribution is 6.51. The number of methoxy groups -OCH3 is 1. The summed E-state index contributed by atoms with van der Waals surface area (Å²) in [6, 6.07) is 17.7. The highest BCUT2D eigenvalue weighted by atomic mass is 35.5. The van der Waals surface area contributed by atoms with Crippen molar-refractivity contribution in [1.82, 2.24) is 0 Å². The molecule has 7 nitrogen and oxygen atoms in total. The number of hydrogen-bond donors (Lipinski definition) is 2. The van der Waals surface area contributed by atoms with Crippen LogP contribution in [0.3, 0.4) is 0 Å². The summed E-state index contributed by atoms with van der Waals surface area (Å²) in [4.78, 5) is 27.5. The van der Waals surface area contributed by atoms with Crippen LogP contribution in [0.4, 0.5) is 5.69 Å². The van der Waals surface area contributed by atoms with E-state index in [1.807, 2.05) is 6.07 Å². The number of carbonyl (C=O) groups is 2. The molecular weight excluding hydrogens is 444 g/mol. The monoisotopic (exact) mass is 460 g/mol. The van der Waals surface area contributed by atoms with Crippen molar-refractivity contribution < 1.29 is 24.5 Å². The molecule has 0 aliphatic carbocycles. The highest BCUT2D eigenvalue weighted by Crippen LogP contribution is 2.43. The lowest BCUT2D eigenvalue weighted by Gasteiger charge is -2.25. The summed E-state index contributed by atoms with van der Waals surface area (Å²) in [6.07, 6.45) is 0. The summed E-state index contributed by atoms with van der Waals surface area (Å²) in [5, 5.41) is 30.1. The molecule has 0 aromatic heterocycles. The maximum Gasteiger partial charge on any atom is 0.300 e. The van der Waals surface area contributed by atoms with Gasteiger partial charge in [0.25, 0.3) is 11.7 Å². The van der Waals surface area contributed by atoms with E-state index >= 15 is 0 Å². The van der Waals surface area contributed by atoms with Crippen molar-refractivity contribution in [2.24, 2.45) is 0 Å². The Bertz CT molecular complexity index is 1320. The smallest absolute Gasteiger partial charge is 0.300 e. The molecule has 33 heavy (non-hydrogen) atoms. The van der Waals surface area contributed by atoms with E-state index in [4.69, 9.17) is 21.6 Å². The summed E-state index contributed by atoms with van der Waals surface area (Å²) in [5.74, 6) is -1.70. The van der Waals surface area contributed by atoms with Crippen LogP contribution in [0.5, 0.6) is 11.5 Å². The second-order valence-electron chi connectivity index (χ2n) is 7.27. The van der Waals surface area contributed by atoms with Gasteiger partial charge in [-0.2, -0.15) is 5.26 Å². The van der Waals surface area contributed by atoms with Crippen LogP contribution in [0.25, 0.3) is 5.76 Å². The lowest BCUT2D eigenvalue weighted by Crippen LogP contribution is -2.29. The van der Waals surface area contributed by atoms with Gasteiger partial charge in [0.05, 0.1) is 35.4 Å². The highest BCUT2D eigenvalue weighted by Gasteiger charge is 2.47. The summed E-state index contributed by atoms with van der Waals surface area (Å²) >= 11 is 6.19. The van der Waals surface area contributed by atoms with Crippen LogP contribution >= 0.6 is 11.6 Å². The molecule has 1 fully saturated rings. The molecule has 3 aromatic rings. The lowest BCUT2D eigenvalue weighted by molar-refractivity contribution is -0.132. The number of phenolic OH excluding ortho intramolecular Hbond substituents is 1. The molecule has 0 spiro atoms. The molecule has 164 valence electrons. The van der Waals surface area contributed by atoms with Gasteiger partial charge >= 0.3 is 0 Å².